The lowest BCUT2D eigenvalue weighted by Gasteiger charge is -2.05. The maximum absolute atomic E-state index is 8.81. The number of rotatable bonds is 10. The first-order valence-electron chi connectivity index (χ1n) is 15.3. The molecule has 0 aromatic heterocycles. The topological polar surface area (TPSA) is 109 Å². The van der Waals surface area contributed by atoms with Crippen molar-refractivity contribution in [2.75, 3.05) is 16.4 Å². The van der Waals surface area contributed by atoms with E-state index in [0.29, 0.717) is 0 Å². The van der Waals surface area contributed by atoms with E-state index in [0.717, 1.165) is 46.2 Å². The Morgan fingerprint density at radius 2 is 0.792 bits per heavy atom. The van der Waals surface area contributed by atoms with Crippen LogP contribution in [0.25, 0.3) is 0 Å². The number of para-hydroxylation sites is 2. The van der Waals surface area contributed by atoms with Gasteiger partial charge in [0.1, 0.15) is 0 Å². The summed E-state index contributed by atoms with van der Waals surface area (Å²) in [4.78, 5) is 26.5. The Hall–Kier alpha value is -6.60. The molecule has 0 aliphatic carbocycles. The Bertz CT molecular complexity index is 1740. The molecule has 0 heterocycles. The first kappa shape index (κ1) is 34.3. The number of aliphatic imine (C=N–C) groups is 2. The number of nitrogens with one attached hydrogen (secondary N) is 2. The van der Waals surface area contributed by atoms with Crippen LogP contribution < -0.4 is 16.4 Å². The van der Waals surface area contributed by atoms with Gasteiger partial charge in [0, 0.05) is 40.9 Å². The van der Waals surface area contributed by atoms with Gasteiger partial charge in [-0.15, -0.1) is 0 Å². The molecule has 0 spiro atoms. The summed E-state index contributed by atoms with van der Waals surface area (Å²) in [5.41, 5.74) is 15.0. The first-order valence-corrected chi connectivity index (χ1v) is 15.3. The number of aldehydes is 2. The van der Waals surface area contributed by atoms with E-state index in [1.165, 1.54) is 11.1 Å². The van der Waals surface area contributed by atoms with Gasteiger partial charge in [0.05, 0.1) is 11.4 Å². The van der Waals surface area contributed by atoms with Gasteiger partial charge in [0.2, 0.25) is 0 Å². The summed E-state index contributed by atoms with van der Waals surface area (Å²) in [7, 11) is 0. The molecule has 0 aliphatic heterocycles. The number of nitrogens with two attached hydrogens (primary N) is 1. The van der Waals surface area contributed by atoms with Crippen LogP contribution in [0.5, 0.6) is 0 Å². The Labute approximate surface area is 281 Å². The monoisotopic (exact) mass is 631 g/mol. The molecule has 0 atom stereocenters. The van der Waals surface area contributed by atoms with Crippen molar-refractivity contribution < 1.29 is 9.59 Å². The molecule has 0 amide bonds. The van der Waals surface area contributed by atoms with Crippen molar-refractivity contribution in [1.29, 1.82) is 0 Å². The van der Waals surface area contributed by atoms with Crippen molar-refractivity contribution in [3.63, 3.8) is 0 Å². The third-order valence-corrected chi connectivity index (χ3v) is 6.66. The van der Waals surface area contributed by atoms with Crippen LogP contribution in [0.2, 0.25) is 0 Å². The molecule has 0 bridgehead atoms. The van der Waals surface area contributed by atoms with Crippen molar-refractivity contribution in [1.82, 2.24) is 0 Å². The summed E-state index contributed by atoms with van der Waals surface area (Å²) < 4.78 is 0. The second kappa shape index (κ2) is 19.7. The summed E-state index contributed by atoms with van der Waals surface area (Å²) in [6, 6.07) is 54.6. The summed E-state index contributed by atoms with van der Waals surface area (Å²) >= 11 is 0. The average Bonchev–Trinajstić information content (AvgIpc) is 3.14. The summed E-state index contributed by atoms with van der Waals surface area (Å²) in [6.07, 6.45) is 4.77. The first-order chi connectivity index (χ1) is 23.6. The van der Waals surface area contributed by atoms with E-state index in [1.807, 2.05) is 127 Å². The highest BCUT2D eigenvalue weighted by Crippen LogP contribution is 2.20. The highest BCUT2D eigenvalue weighted by atomic mass is 16.2. The van der Waals surface area contributed by atoms with Crippen LogP contribution >= 0.6 is 0 Å². The second-order valence-electron chi connectivity index (χ2n) is 10.3. The zero-order chi connectivity index (χ0) is 33.7. The predicted octanol–water partition coefficient (Wildman–Crippen LogP) is 9.52. The molecule has 0 saturated heterocycles. The van der Waals surface area contributed by atoms with Gasteiger partial charge in [-0.05, 0) is 102 Å². The zero-order valence-electron chi connectivity index (χ0n) is 26.4. The predicted molar refractivity (Wildman–Crippen MR) is 201 cm³/mol. The fourth-order valence-electron chi connectivity index (χ4n) is 4.34. The highest BCUT2D eigenvalue weighted by molar-refractivity contribution is 6.17. The molecule has 6 aromatic carbocycles. The highest BCUT2D eigenvalue weighted by Gasteiger charge is 1.97. The molecule has 0 radical (unpaired) electrons. The molecular weight excluding hydrogens is 594 g/mol. The molecule has 0 aliphatic rings. The Morgan fingerprint density at radius 3 is 1.23 bits per heavy atom. The van der Waals surface area contributed by atoms with E-state index in [1.54, 1.807) is 12.4 Å². The van der Waals surface area contributed by atoms with E-state index in [2.05, 4.69) is 57.0 Å². The van der Waals surface area contributed by atoms with E-state index in [-0.39, 0.29) is 12.6 Å². The normalized spacial score (nSPS) is 10.2. The molecule has 6 rings (SSSR count). The second-order valence-corrected chi connectivity index (χ2v) is 10.3. The number of carbonyl (C=O) groups excluding carboxylic acids is 2. The molecule has 7 heteroatoms. The molecule has 0 saturated carbocycles. The van der Waals surface area contributed by atoms with E-state index in [4.69, 9.17) is 15.3 Å². The standard InChI is InChI=1S/C27H23N3.C12H12N2.C2H2O2/c1-3-7-22(8-4-1)21-23-11-13-24(14-12-23)28-19-20-29-25-15-17-27(18-16-25)30-26-9-5-2-6-10-26;13-10-6-8-12(9-7-10)14-11-4-2-1-3-5-11;3-1-2-4/h1-20,30H,21H2;1-9,14H,13H2;1-2H. The summed E-state index contributed by atoms with van der Waals surface area (Å²) in [6.45, 7) is 0. The van der Waals surface area contributed by atoms with Crippen molar-refractivity contribution in [3.05, 3.63) is 175 Å². The minimum absolute atomic E-state index is 0.194. The quantitative estimate of drug-likeness (QED) is 0.0604. The largest absolute Gasteiger partial charge is 0.399 e. The summed E-state index contributed by atoms with van der Waals surface area (Å²) in [5, 5.41) is 6.64. The minimum Gasteiger partial charge on any atom is -0.399 e. The van der Waals surface area contributed by atoms with Gasteiger partial charge in [0.15, 0.2) is 12.6 Å². The number of benzene rings is 6. The van der Waals surface area contributed by atoms with Crippen LogP contribution in [-0.2, 0) is 16.0 Å². The van der Waals surface area contributed by atoms with Crippen LogP contribution in [0.3, 0.4) is 0 Å². The summed E-state index contributed by atoms with van der Waals surface area (Å²) in [5.74, 6) is 0. The number of hydrogen-bond acceptors (Lipinski definition) is 7. The Balaban J connectivity index is 0.000000239. The van der Waals surface area contributed by atoms with Crippen LogP contribution in [0, 0.1) is 0 Å². The molecule has 7 nitrogen and oxygen atoms in total. The number of anilines is 5. The molecule has 0 unspecified atom stereocenters. The zero-order valence-corrected chi connectivity index (χ0v) is 26.4. The van der Waals surface area contributed by atoms with Gasteiger partial charge < -0.3 is 16.4 Å². The van der Waals surface area contributed by atoms with Crippen molar-refractivity contribution in [2.24, 2.45) is 9.98 Å². The van der Waals surface area contributed by atoms with Crippen molar-refractivity contribution in [3.8, 4) is 0 Å². The molecule has 4 N–H and O–H groups in total. The fourth-order valence-corrected chi connectivity index (χ4v) is 4.34. The van der Waals surface area contributed by atoms with E-state index >= 15 is 0 Å². The smallest absolute Gasteiger partial charge is 0.182 e. The molecule has 0 fully saturated rings. The van der Waals surface area contributed by atoms with Crippen LogP contribution in [-0.4, -0.2) is 25.0 Å². The van der Waals surface area contributed by atoms with E-state index < -0.39 is 0 Å². The van der Waals surface area contributed by atoms with Gasteiger partial charge in [-0.25, -0.2) is 0 Å². The van der Waals surface area contributed by atoms with Gasteiger partial charge in [0.25, 0.3) is 0 Å². The minimum atomic E-state index is 0.194. The number of nitrogens with zero attached hydrogens (tertiary/aromatic N) is 2. The molecule has 238 valence electrons. The maximum Gasteiger partial charge on any atom is 0.182 e. The molecular formula is C41H37N5O2. The average molecular weight is 632 g/mol. The lowest BCUT2D eigenvalue weighted by atomic mass is 10.1. The van der Waals surface area contributed by atoms with Crippen LogP contribution in [0.1, 0.15) is 11.1 Å². The SMILES string of the molecule is C(C=Nc1ccc(Nc2ccccc2)cc1)=Nc1ccc(Cc2ccccc2)cc1.Nc1ccc(Nc2ccccc2)cc1.O=CC=O. The third-order valence-electron chi connectivity index (χ3n) is 6.66. The maximum atomic E-state index is 8.81. The van der Waals surface area contributed by atoms with Gasteiger partial charge in [-0.2, -0.15) is 0 Å². The lowest BCUT2D eigenvalue weighted by molar-refractivity contribution is -0.122. The van der Waals surface area contributed by atoms with Crippen molar-refractivity contribution in [2.45, 2.75) is 6.42 Å². The Morgan fingerprint density at radius 1 is 0.438 bits per heavy atom. The van der Waals surface area contributed by atoms with Gasteiger partial charge in [-0.3, -0.25) is 19.6 Å². The van der Waals surface area contributed by atoms with Gasteiger partial charge in [-0.1, -0.05) is 78.9 Å². The fraction of sp³-hybridized carbons (Fsp3) is 0.0244. The number of hydrogen-bond donors (Lipinski definition) is 3. The lowest BCUT2D eigenvalue weighted by Crippen LogP contribution is -1.90. The number of carbonyl (C=O) groups is 2. The number of nitrogen functional groups attached to an aromatic ring is 1. The van der Waals surface area contributed by atoms with Crippen molar-refractivity contribution >= 4 is 64.8 Å². The Kier molecular flexibility index (Phi) is 14.1. The van der Waals surface area contributed by atoms with Gasteiger partial charge >= 0.3 is 0 Å². The van der Waals surface area contributed by atoms with Crippen LogP contribution in [0.15, 0.2) is 174 Å². The molecule has 48 heavy (non-hydrogen) atoms. The third kappa shape index (κ3) is 12.8. The van der Waals surface area contributed by atoms with E-state index in [9.17, 15) is 0 Å². The van der Waals surface area contributed by atoms with Crippen LogP contribution in [0.4, 0.5) is 39.8 Å². The molecule has 6 aromatic rings.